The van der Waals surface area contributed by atoms with Crippen LogP contribution in [0.4, 0.5) is 5.69 Å². The molecule has 0 saturated carbocycles. The molecular formula is C18H23N3O. The van der Waals surface area contributed by atoms with Crippen molar-refractivity contribution in [2.75, 3.05) is 25.0 Å². The van der Waals surface area contributed by atoms with Gasteiger partial charge in [-0.05, 0) is 30.9 Å². The molecule has 0 unspecified atom stereocenters. The number of hydrogen-bond donors (Lipinski definition) is 0. The average Bonchev–Trinajstić information content (AvgIpc) is 2.56. The number of hydrogen-bond acceptors (Lipinski definition) is 3. The number of amides is 1. The highest BCUT2D eigenvalue weighted by molar-refractivity contribution is 6.08. The Kier molecular flexibility index (Phi) is 5.60. The van der Waals surface area contributed by atoms with Gasteiger partial charge in [0.1, 0.15) is 11.6 Å². The van der Waals surface area contributed by atoms with Gasteiger partial charge in [-0.3, -0.25) is 4.79 Å². The van der Waals surface area contributed by atoms with Gasteiger partial charge in [0.05, 0.1) is 0 Å². The molecule has 2 rings (SSSR count). The van der Waals surface area contributed by atoms with Crippen molar-refractivity contribution in [3.05, 3.63) is 41.6 Å². The van der Waals surface area contributed by atoms with E-state index in [1.54, 1.807) is 11.1 Å². The summed E-state index contributed by atoms with van der Waals surface area (Å²) < 4.78 is 0. The van der Waals surface area contributed by atoms with Gasteiger partial charge >= 0.3 is 0 Å². The van der Waals surface area contributed by atoms with Crippen LogP contribution in [-0.2, 0) is 11.2 Å². The molecule has 1 aromatic rings. The van der Waals surface area contributed by atoms with Crippen LogP contribution in [0.25, 0.3) is 0 Å². The molecule has 0 atom stereocenters. The molecule has 4 heteroatoms. The summed E-state index contributed by atoms with van der Waals surface area (Å²) in [4.78, 5) is 16.4. The maximum absolute atomic E-state index is 12.7. The Bertz CT molecular complexity index is 601. The van der Waals surface area contributed by atoms with Crippen LogP contribution in [0.5, 0.6) is 0 Å². The molecule has 0 radical (unpaired) electrons. The summed E-state index contributed by atoms with van der Waals surface area (Å²) in [7, 11) is 1.91. The number of nitrogens with zero attached hydrogens (tertiary/aromatic N) is 3. The predicted molar refractivity (Wildman–Crippen MR) is 88.4 cm³/mol. The van der Waals surface area contributed by atoms with E-state index in [0.717, 1.165) is 37.9 Å². The molecule has 0 aromatic heterocycles. The number of carbonyl (C=O) groups is 1. The van der Waals surface area contributed by atoms with Crippen LogP contribution >= 0.6 is 0 Å². The molecule has 1 aliphatic rings. The molecule has 0 aliphatic carbocycles. The molecule has 1 heterocycles. The summed E-state index contributed by atoms with van der Waals surface area (Å²) in [5, 5.41) is 9.36. The van der Waals surface area contributed by atoms with Crippen LogP contribution in [0.1, 0.15) is 31.7 Å². The number of anilines is 1. The second-order valence-corrected chi connectivity index (χ2v) is 5.68. The van der Waals surface area contributed by atoms with E-state index in [1.165, 1.54) is 5.56 Å². The van der Waals surface area contributed by atoms with Crippen LogP contribution in [-0.4, -0.2) is 30.9 Å². The molecule has 1 aliphatic heterocycles. The third-order valence-corrected chi connectivity index (χ3v) is 3.92. The number of carbonyl (C=O) groups excluding carboxylic acids is 1. The second kappa shape index (κ2) is 7.65. The van der Waals surface area contributed by atoms with Gasteiger partial charge in [-0.1, -0.05) is 31.5 Å². The molecule has 0 bridgehead atoms. The number of benzene rings is 1. The van der Waals surface area contributed by atoms with Gasteiger partial charge in [0, 0.05) is 32.0 Å². The first-order chi connectivity index (χ1) is 10.7. The van der Waals surface area contributed by atoms with Crippen LogP contribution in [0.15, 0.2) is 36.0 Å². The minimum Gasteiger partial charge on any atom is -0.379 e. The predicted octanol–water partition coefficient (Wildman–Crippen LogP) is 3.11. The largest absolute Gasteiger partial charge is 0.379 e. The third kappa shape index (κ3) is 3.67. The van der Waals surface area contributed by atoms with Crippen molar-refractivity contribution < 1.29 is 4.79 Å². The first kappa shape index (κ1) is 16.1. The Morgan fingerprint density at radius 3 is 2.95 bits per heavy atom. The highest BCUT2D eigenvalue weighted by Gasteiger charge is 2.25. The first-order valence-corrected chi connectivity index (χ1v) is 7.89. The summed E-state index contributed by atoms with van der Waals surface area (Å²) in [5.41, 5.74) is 2.32. The molecular weight excluding hydrogens is 274 g/mol. The van der Waals surface area contributed by atoms with Crippen molar-refractivity contribution >= 4 is 11.6 Å². The van der Waals surface area contributed by atoms with Crippen LogP contribution in [0, 0.1) is 11.3 Å². The van der Waals surface area contributed by atoms with Crippen LogP contribution < -0.4 is 4.90 Å². The Morgan fingerprint density at radius 2 is 2.23 bits per heavy atom. The highest BCUT2D eigenvalue weighted by Crippen LogP contribution is 2.27. The maximum Gasteiger partial charge on any atom is 0.270 e. The summed E-state index contributed by atoms with van der Waals surface area (Å²) in [6, 6.07) is 10.0. The van der Waals surface area contributed by atoms with E-state index in [2.05, 4.69) is 19.1 Å². The number of para-hydroxylation sites is 1. The Hall–Kier alpha value is -2.28. The second-order valence-electron chi connectivity index (χ2n) is 5.68. The summed E-state index contributed by atoms with van der Waals surface area (Å²) in [6.45, 7) is 3.65. The van der Waals surface area contributed by atoms with Gasteiger partial charge in [-0.2, -0.15) is 5.26 Å². The first-order valence-electron chi connectivity index (χ1n) is 7.89. The molecule has 0 spiro atoms. The van der Waals surface area contributed by atoms with Crippen LogP contribution in [0.2, 0.25) is 0 Å². The highest BCUT2D eigenvalue weighted by atomic mass is 16.2. The third-order valence-electron chi connectivity index (χ3n) is 3.92. The quantitative estimate of drug-likeness (QED) is 0.620. The Balaban J connectivity index is 2.20. The molecule has 116 valence electrons. The smallest absolute Gasteiger partial charge is 0.270 e. The van der Waals surface area contributed by atoms with E-state index in [-0.39, 0.29) is 11.5 Å². The number of fused-ring (bicyclic) bond motifs is 1. The summed E-state index contributed by atoms with van der Waals surface area (Å²) in [6.07, 6.45) is 5.74. The van der Waals surface area contributed by atoms with Gasteiger partial charge < -0.3 is 9.80 Å². The number of nitriles is 1. The lowest BCUT2D eigenvalue weighted by Gasteiger charge is -2.29. The van der Waals surface area contributed by atoms with Crippen molar-refractivity contribution in [2.24, 2.45) is 0 Å². The number of unbranched alkanes of at least 4 members (excludes halogenated alkanes) is 1. The van der Waals surface area contributed by atoms with Gasteiger partial charge in [0.25, 0.3) is 5.91 Å². The van der Waals surface area contributed by atoms with Crippen molar-refractivity contribution in [1.29, 1.82) is 5.26 Å². The lowest BCUT2D eigenvalue weighted by molar-refractivity contribution is -0.114. The van der Waals surface area contributed by atoms with E-state index in [4.69, 9.17) is 0 Å². The monoisotopic (exact) mass is 297 g/mol. The maximum atomic E-state index is 12.7. The zero-order chi connectivity index (χ0) is 15.9. The molecule has 1 amide bonds. The van der Waals surface area contributed by atoms with Gasteiger partial charge in [-0.25, -0.2) is 0 Å². The van der Waals surface area contributed by atoms with E-state index in [9.17, 15) is 10.1 Å². The summed E-state index contributed by atoms with van der Waals surface area (Å²) in [5.74, 6) is -0.196. The van der Waals surface area contributed by atoms with Gasteiger partial charge in [0.15, 0.2) is 0 Å². The fourth-order valence-electron chi connectivity index (χ4n) is 2.71. The van der Waals surface area contributed by atoms with Crippen LogP contribution in [0.3, 0.4) is 0 Å². The summed E-state index contributed by atoms with van der Waals surface area (Å²) >= 11 is 0. The normalized spacial score (nSPS) is 14.2. The lowest BCUT2D eigenvalue weighted by Crippen LogP contribution is -2.36. The minimum atomic E-state index is -0.196. The molecule has 0 N–H and O–H groups in total. The van der Waals surface area contributed by atoms with Gasteiger partial charge in [0.2, 0.25) is 0 Å². The van der Waals surface area contributed by atoms with E-state index < -0.39 is 0 Å². The topological polar surface area (TPSA) is 47.3 Å². The molecule has 22 heavy (non-hydrogen) atoms. The molecule has 0 saturated heterocycles. The van der Waals surface area contributed by atoms with E-state index in [0.29, 0.717) is 6.54 Å². The van der Waals surface area contributed by atoms with Crippen molar-refractivity contribution in [1.82, 2.24) is 4.90 Å². The van der Waals surface area contributed by atoms with E-state index in [1.807, 2.05) is 30.1 Å². The standard InChI is InChI=1S/C18H23N3O/c1-3-4-11-20(2)14-16(13-19)18(22)21-12-7-9-15-8-5-6-10-17(15)21/h5-6,8,10,14H,3-4,7,9,11-12H2,1-2H3/b16-14-. The SMILES string of the molecule is CCCCN(C)/C=C(/C#N)C(=O)N1CCCc2ccccc21. The fourth-order valence-corrected chi connectivity index (χ4v) is 2.71. The zero-order valence-electron chi connectivity index (χ0n) is 13.4. The lowest BCUT2D eigenvalue weighted by atomic mass is 10.0. The van der Waals surface area contributed by atoms with Gasteiger partial charge in [-0.15, -0.1) is 0 Å². The molecule has 4 nitrogen and oxygen atoms in total. The number of aryl methyl sites for hydroxylation is 1. The molecule has 1 aromatic carbocycles. The van der Waals surface area contributed by atoms with Crippen molar-refractivity contribution in [3.63, 3.8) is 0 Å². The average molecular weight is 297 g/mol. The fraction of sp³-hybridized carbons (Fsp3) is 0.444. The molecule has 0 fully saturated rings. The van der Waals surface area contributed by atoms with E-state index >= 15 is 0 Å². The zero-order valence-corrected chi connectivity index (χ0v) is 13.4. The Labute approximate surface area is 132 Å². The Morgan fingerprint density at radius 1 is 1.45 bits per heavy atom. The minimum absolute atomic E-state index is 0.196. The van der Waals surface area contributed by atoms with Crippen molar-refractivity contribution in [2.45, 2.75) is 32.6 Å². The van der Waals surface area contributed by atoms with Crippen molar-refractivity contribution in [3.8, 4) is 6.07 Å². The number of rotatable bonds is 5.